The molecule has 1 rings (SSSR count). The number of carboxylic acids is 1. The van der Waals surface area contributed by atoms with Crippen LogP contribution in [-0.2, 0) is 4.79 Å². The molecule has 1 aromatic rings. The highest BCUT2D eigenvalue weighted by atomic mass is 16.5. The number of nitrogens with zero attached hydrogens (tertiary/aromatic N) is 1. The highest BCUT2D eigenvalue weighted by molar-refractivity contribution is 5.75. The second kappa shape index (κ2) is 5.51. The van der Waals surface area contributed by atoms with Crippen LogP contribution in [-0.4, -0.2) is 31.8 Å². The molecule has 4 heteroatoms. The van der Waals surface area contributed by atoms with Crippen molar-refractivity contribution in [3.05, 3.63) is 23.3 Å². The Morgan fingerprint density at radius 1 is 1.32 bits per heavy atom. The maximum Gasteiger partial charge on any atom is 0.310 e. The summed E-state index contributed by atoms with van der Waals surface area (Å²) in [4.78, 5) is 13.2. The molecular formula is C15H23NO3. The summed E-state index contributed by atoms with van der Waals surface area (Å²) in [6.07, 6.45) is 0. The largest absolute Gasteiger partial charge is 0.496 e. The minimum Gasteiger partial charge on any atom is -0.496 e. The second-order valence-electron chi connectivity index (χ2n) is 5.65. The Labute approximate surface area is 115 Å². The van der Waals surface area contributed by atoms with Gasteiger partial charge in [0.2, 0.25) is 0 Å². The third-order valence-corrected chi connectivity index (χ3v) is 3.34. The number of aryl methyl sites for hydroxylation is 2. The summed E-state index contributed by atoms with van der Waals surface area (Å²) < 4.78 is 5.29. The van der Waals surface area contributed by atoms with Crippen molar-refractivity contribution in [1.82, 2.24) is 0 Å². The Morgan fingerprint density at radius 2 is 1.89 bits per heavy atom. The Kier molecular flexibility index (Phi) is 4.45. The maximum absolute atomic E-state index is 11.2. The number of anilines is 1. The molecule has 19 heavy (non-hydrogen) atoms. The molecule has 0 aromatic heterocycles. The van der Waals surface area contributed by atoms with Gasteiger partial charge in [-0.05, 0) is 51.0 Å². The molecular weight excluding hydrogens is 242 g/mol. The van der Waals surface area contributed by atoms with Gasteiger partial charge in [-0.25, -0.2) is 0 Å². The average molecular weight is 265 g/mol. The molecule has 0 radical (unpaired) electrons. The molecule has 0 unspecified atom stereocenters. The number of aliphatic carboxylic acids is 1. The monoisotopic (exact) mass is 265 g/mol. The first-order chi connectivity index (χ1) is 8.69. The Morgan fingerprint density at radius 3 is 2.37 bits per heavy atom. The number of ether oxygens (including phenoxy) is 1. The highest BCUT2D eigenvalue weighted by Crippen LogP contribution is 2.30. The molecule has 0 fully saturated rings. The molecule has 0 atom stereocenters. The lowest BCUT2D eigenvalue weighted by molar-refractivity contribution is -0.146. The summed E-state index contributed by atoms with van der Waals surface area (Å²) >= 11 is 0. The smallest absolute Gasteiger partial charge is 0.310 e. The molecule has 0 heterocycles. The van der Waals surface area contributed by atoms with Gasteiger partial charge >= 0.3 is 5.97 Å². The number of hydrogen-bond donors (Lipinski definition) is 1. The number of carboxylic acid groups (broad SMARTS) is 1. The molecule has 0 aliphatic rings. The van der Waals surface area contributed by atoms with E-state index in [1.54, 1.807) is 21.0 Å². The summed E-state index contributed by atoms with van der Waals surface area (Å²) in [7, 11) is 3.57. The number of carbonyl (C=O) groups is 1. The van der Waals surface area contributed by atoms with E-state index in [0.29, 0.717) is 6.54 Å². The van der Waals surface area contributed by atoms with Gasteiger partial charge in [-0.2, -0.15) is 0 Å². The van der Waals surface area contributed by atoms with E-state index in [-0.39, 0.29) is 0 Å². The molecule has 0 spiro atoms. The first kappa shape index (κ1) is 15.3. The van der Waals surface area contributed by atoms with Gasteiger partial charge in [0, 0.05) is 19.3 Å². The molecule has 1 N–H and O–H groups in total. The van der Waals surface area contributed by atoms with Crippen molar-refractivity contribution in [1.29, 1.82) is 0 Å². The van der Waals surface area contributed by atoms with Crippen molar-refractivity contribution >= 4 is 11.7 Å². The minimum atomic E-state index is -0.790. The number of hydrogen-bond acceptors (Lipinski definition) is 3. The number of rotatable bonds is 5. The van der Waals surface area contributed by atoms with E-state index >= 15 is 0 Å². The van der Waals surface area contributed by atoms with Gasteiger partial charge in [0.15, 0.2) is 0 Å². The van der Waals surface area contributed by atoms with Crippen LogP contribution in [0.1, 0.15) is 25.0 Å². The van der Waals surface area contributed by atoms with Crippen LogP contribution in [0.15, 0.2) is 12.1 Å². The molecule has 0 saturated carbocycles. The Balaban J connectivity index is 3.04. The Bertz CT molecular complexity index is 481. The molecule has 0 aliphatic heterocycles. The van der Waals surface area contributed by atoms with E-state index in [9.17, 15) is 9.90 Å². The van der Waals surface area contributed by atoms with Gasteiger partial charge in [0.05, 0.1) is 12.5 Å². The van der Waals surface area contributed by atoms with Gasteiger partial charge in [0.25, 0.3) is 0 Å². The summed E-state index contributed by atoms with van der Waals surface area (Å²) in [6.45, 7) is 7.91. The van der Waals surface area contributed by atoms with Crippen molar-refractivity contribution in [2.45, 2.75) is 27.7 Å². The SMILES string of the molecule is COc1cc(C)c(N(C)CC(C)(C)C(=O)O)cc1C. The van der Waals surface area contributed by atoms with E-state index in [2.05, 4.69) is 0 Å². The molecule has 4 nitrogen and oxygen atoms in total. The predicted molar refractivity (Wildman–Crippen MR) is 77.2 cm³/mol. The summed E-state index contributed by atoms with van der Waals surface area (Å²) in [5, 5.41) is 9.20. The average Bonchev–Trinajstić information content (AvgIpc) is 2.30. The topological polar surface area (TPSA) is 49.8 Å². The summed E-state index contributed by atoms with van der Waals surface area (Å²) in [6, 6.07) is 4.01. The molecule has 0 bridgehead atoms. The van der Waals surface area contributed by atoms with Gasteiger partial charge in [-0.1, -0.05) is 0 Å². The lowest BCUT2D eigenvalue weighted by Crippen LogP contribution is -2.37. The van der Waals surface area contributed by atoms with Crippen LogP contribution in [0.4, 0.5) is 5.69 Å². The minimum absolute atomic E-state index is 0.453. The molecule has 0 aliphatic carbocycles. The van der Waals surface area contributed by atoms with E-state index < -0.39 is 11.4 Å². The quantitative estimate of drug-likeness (QED) is 0.889. The summed E-state index contributed by atoms with van der Waals surface area (Å²) in [5.74, 6) is 0.0642. The first-order valence-electron chi connectivity index (χ1n) is 6.29. The second-order valence-corrected chi connectivity index (χ2v) is 5.65. The van der Waals surface area contributed by atoms with Crippen molar-refractivity contribution < 1.29 is 14.6 Å². The van der Waals surface area contributed by atoms with Crippen molar-refractivity contribution in [2.75, 3.05) is 25.6 Å². The van der Waals surface area contributed by atoms with Gasteiger partial charge in [0.1, 0.15) is 5.75 Å². The molecule has 1 aromatic carbocycles. The predicted octanol–water partition coefficient (Wildman–Crippen LogP) is 2.86. The highest BCUT2D eigenvalue weighted by Gasteiger charge is 2.29. The van der Waals surface area contributed by atoms with Crippen LogP contribution in [0.25, 0.3) is 0 Å². The lowest BCUT2D eigenvalue weighted by Gasteiger charge is -2.29. The summed E-state index contributed by atoms with van der Waals surface area (Å²) in [5.41, 5.74) is 2.37. The van der Waals surface area contributed by atoms with Crippen molar-refractivity contribution in [3.63, 3.8) is 0 Å². The maximum atomic E-state index is 11.2. The van der Waals surface area contributed by atoms with Crippen LogP contribution < -0.4 is 9.64 Å². The standard InChI is InChI=1S/C15H23NO3/c1-10-8-13(19-6)11(2)7-12(10)16(5)9-15(3,4)14(17)18/h7-8H,9H2,1-6H3,(H,17,18). The zero-order valence-corrected chi connectivity index (χ0v) is 12.6. The van der Waals surface area contributed by atoms with E-state index in [1.807, 2.05) is 37.9 Å². The zero-order valence-electron chi connectivity index (χ0n) is 12.6. The van der Waals surface area contributed by atoms with E-state index in [4.69, 9.17) is 4.74 Å². The van der Waals surface area contributed by atoms with Crippen molar-refractivity contribution in [2.24, 2.45) is 5.41 Å². The fourth-order valence-corrected chi connectivity index (χ4v) is 2.15. The third kappa shape index (κ3) is 3.40. The number of benzene rings is 1. The van der Waals surface area contributed by atoms with Crippen LogP contribution in [0.5, 0.6) is 5.75 Å². The van der Waals surface area contributed by atoms with Gasteiger partial charge in [-0.3, -0.25) is 4.79 Å². The Hall–Kier alpha value is -1.71. The lowest BCUT2D eigenvalue weighted by atomic mass is 9.92. The normalized spacial score (nSPS) is 11.3. The molecule has 0 amide bonds. The van der Waals surface area contributed by atoms with E-state index in [0.717, 1.165) is 22.6 Å². The van der Waals surface area contributed by atoms with E-state index in [1.165, 1.54) is 0 Å². The third-order valence-electron chi connectivity index (χ3n) is 3.34. The number of methoxy groups -OCH3 is 1. The molecule has 0 saturated heterocycles. The van der Waals surface area contributed by atoms with Gasteiger partial charge in [-0.15, -0.1) is 0 Å². The zero-order chi connectivity index (χ0) is 14.8. The van der Waals surface area contributed by atoms with Gasteiger partial charge < -0.3 is 14.7 Å². The fraction of sp³-hybridized carbons (Fsp3) is 0.533. The first-order valence-corrected chi connectivity index (χ1v) is 6.29. The molecule has 106 valence electrons. The van der Waals surface area contributed by atoms with Crippen molar-refractivity contribution in [3.8, 4) is 5.75 Å². The fourth-order valence-electron chi connectivity index (χ4n) is 2.15. The van der Waals surface area contributed by atoms with Crippen LogP contribution in [0.3, 0.4) is 0 Å². The van der Waals surface area contributed by atoms with Crippen LogP contribution in [0.2, 0.25) is 0 Å². The van der Waals surface area contributed by atoms with Crippen LogP contribution >= 0.6 is 0 Å². The van der Waals surface area contributed by atoms with Crippen LogP contribution in [0, 0.1) is 19.3 Å².